The van der Waals surface area contributed by atoms with Gasteiger partial charge in [0, 0.05) is 29.4 Å². The number of nitro groups is 1. The smallest absolute Gasteiger partial charge is 0.324 e. The Morgan fingerprint density at radius 2 is 2.13 bits per heavy atom. The molecule has 0 radical (unpaired) electrons. The van der Waals surface area contributed by atoms with Gasteiger partial charge in [0.25, 0.3) is 0 Å². The van der Waals surface area contributed by atoms with Gasteiger partial charge in [-0.2, -0.15) is 0 Å². The summed E-state index contributed by atoms with van der Waals surface area (Å²) in [6.45, 7) is 0. The molecule has 76 valence electrons. The lowest BCUT2D eigenvalue weighted by molar-refractivity contribution is -0.380. The molecule has 0 aliphatic heterocycles. The molecule has 0 saturated heterocycles. The first-order valence-corrected chi connectivity index (χ1v) is 4.86. The molecule has 0 bridgehead atoms. The van der Waals surface area contributed by atoms with Crippen molar-refractivity contribution in [2.45, 2.75) is 0 Å². The summed E-state index contributed by atoms with van der Waals surface area (Å²) in [4.78, 5) is 17.9. The van der Waals surface area contributed by atoms with Crippen molar-refractivity contribution >= 4 is 22.2 Å². The second kappa shape index (κ2) is 3.62. The lowest BCUT2D eigenvalue weighted by atomic mass is 10.2. The molecule has 0 spiro atoms. The summed E-state index contributed by atoms with van der Waals surface area (Å²) >= 11 is 1.04. The number of aromatic nitrogens is 2. The highest BCUT2D eigenvalue weighted by Crippen LogP contribution is 2.30. The van der Waals surface area contributed by atoms with E-state index in [1.165, 1.54) is 18.5 Å². The van der Waals surface area contributed by atoms with Gasteiger partial charge in [-0.05, 0) is 0 Å². The number of hydrogen-bond acceptors (Lipinski definition) is 6. The van der Waals surface area contributed by atoms with Crippen molar-refractivity contribution in [3.8, 4) is 11.3 Å². The number of nitrogens with zero attached hydrogens (tertiary/aromatic N) is 3. The molecule has 2 aromatic rings. The van der Waals surface area contributed by atoms with Crippen molar-refractivity contribution in [1.82, 2.24) is 9.97 Å². The van der Waals surface area contributed by atoms with Crippen molar-refractivity contribution in [2.24, 2.45) is 0 Å². The Bertz CT molecular complexity index is 511. The highest BCUT2D eigenvalue weighted by molar-refractivity contribution is 7.13. The number of thiophene rings is 1. The van der Waals surface area contributed by atoms with Crippen LogP contribution in [-0.2, 0) is 0 Å². The average Bonchev–Trinajstić information content (AvgIpc) is 2.67. The van der Waals surface area contributed by atoms with Crippen LogP contribution < -0.4 is 5.73 Å². The zero-order valence-electron chi connectivity index (χ0n) is 7.45. The molecule has 6 nitrogen and oxygen atoms in total. The third-order valence-electron chi connectivity index (χ3n) is 1.77. The molecule has 15 heavy (non-hydrogen) atoms. The summed E-state index contributed by atoms with van der Waals surface area (Å²) in [5.41, 5.74) is 6.70. The first kappa shape index (κ1) is 9.53. The van der Waals surface area contributed by atoms with Crippen molar-refractivity contribution < 1.29 is 4.92 Å². The SMILES string of the molecule is Nc1nccnc1-c1csc([N+](=O)[O-])c1. The van der Waals surface area contributed by atoms with E-state index < -0.39 is 4.92 Å². The van der Waals surface area contributed by atoms with E-state index in [0.717, 1.165) is 11.3 Å². The molecule has 0 fully saturated rings. The van der Waals surface area contributed by atoms with Gasteiger partial charge in [-0.25, -0.2) is 4.98 Å². The van der Waals surface area contributed by atoms with Gasteiger partial charge < -0.3 is 5.73 Å². The van der Waals surface area contributed by atoms with E-state index in [4.69, 9.17) is 5.73 Å². The van der Waals surface area contributed by atoms with Crippen molar-refractivity contribution in [3.05, 3.63) is 34.0 Å². The standard InChI is InChI=1S/C8H6N4O2S/c9-8-7(10-1-2-11-8)5-3-6(12(13)14)15-4-5/h1-4H,(H2,9,11). The Morgan fingerprint density at radius 3 is 2.73 bits per heavy atom. The quantitative estimate of drug-likeness (QED) is 0.616. The molecule has 7 heteroatoms. The van der Waals surface area contributed by atoms with Gasteiger partial charge in [0.1, 0.15) is 11.5 Å². The van der Waals surface area contributed by atoms with E-state index in [2.05, 4.69) is 9.97 Å². The van der Waals surface area contributed by atoms with E-state index in [1.54, 1.807) is 5.38 Å². The van der Waals surface area contributed by atoms with Crippen LogP contribution >= 0.6 is 11.3 Å². The molecule has 0 saturated carbocycles. The van der Waals surface area contributed by atoms with Gasteiger partial charge in [0.15, 0.2) is 0 Å². The number of anilines is 1. The van der Waals surface area contributed by atoms with Crippen molar-refractivity contribution in [1.29, 1.82) is 0 Å². The van der Waals surface area contributed by atoms with Crippen LogP contribution in [0.25, 0.3) is 11.3 Å². The summed E-state index contributed by atoms with van der Waals surface area (Å²) in [7, 11) is 0. The maximum atomic E-state index is 10.5. The Morgan fingerprint density at radius 1 is 1.40 bits per heavy atom. The number of nitrogens with two attached hydrogens (primary N) is 1. The van der Waals surface area contributed by atoms with Gasteiger partial charge in [-0.1, -0.05) is 11.3 Å². The van der Waals surface area contributed by atoms with E-state index in [1.807, 2.05) is 0 Å². The molecule has 0 unspecified atom stereocenters. The van der Waals surface area contributed by atoms with E-state index in [9.17, 15) is 10.1 Å². The van der Waals surface area contributed by atoms with E-state index >= 15 is 0 Å². The summed E-state index contributed by atoms with van der Waals surface area (Å²) in [6.07, 6.45) is 2.97. The second-order valence-corrected chi connectivity index (χ2v) is 3.61. The minimum absolute atomic E-state index is 0.0649. The summed E-state index contributed by atoms with van der Waals surface area (Å²) in [5.74, 6) is 0.269. The normalized spacial score (nSPS) is 10.1. The number of hydrogen-bond donors (Lipinski definition) is 1. The topological polar surface area (TPSA) is 94.9 Å². The predicted molar refractivity (Wildman–Crippen MR) is 56.4 cm³/mol. The van der Waals surface area contributed by atoms with E-state index in [-0.39, 0.29) is 10.8 Å². The van der Waals surface area contributed by atoms with Crippen LogP contribution in [0.15, 0.2) is 23.8 Å². The molecule has 2 rings (SSSR count). The molecular weight excluding hydrogens is 216 g/mol. The van der Waals surface area contributed by atoms with Crippen LogP contribution in [0.4, 0.5) is 10.8 Å². The second-order valence-electron chi connectivity index (χ2n) is 2.72. The number of rotatable bonds is 2. The zero-order valence-corrected chi connectivity index (χ0v) is 8.27. The molecule has 2 N–H and O–H groups in total. The molecule has 2 heterocycles. The zero-order chi connectivity index (χ0) is 10.8. The lowest BCUT2D eigenvalue weighted by Crippen LogP contribution is -1.94. The fourth-order valence-electron chi connectivity index (χ4n) is 1.12. The van der Waals surface area contributed by atoms with Crippen LogP contribution in [0.2, 0.25) is 0 Å². The molecule has 0 aromatic carbocycles. The number of nitrogen functional groups attached to an aromatic ring is 1. The van der Waals surface area contributed by atoms with Gasteiger partial charge in [0.05, 0.1) is 4.92 Å². The summed E-state index contributed by atoms with van der Waals surface area (Å²) < 4.78 is 0. The maximum Gasteiger partial charge on any atom is 0.324 e. The van der Waals surface area contributed by atoms with Gasteiger partial charge >= 0.3 is 5.00 Å². The summed E-state index contributed by atoms with van der Waals surface area (Å²) in [6, 6.07) is 1.44. The Hall–Kier alpha value is -2.02. The molecule has 0 aliphatic carbocycles. The monoisotopic (exact) mass is 222 g/mol. The first-order valence-electron chi connectivity index (χ1n) is 3.98. The van der Waals surface area contributed by atoms with Crippen molar-refractivity contribution in [2.75, 3.05) is 5.73 Å². The lowest BCUT2D eigenvalue weighted by Gasteiger charge is -1.98. The Balaban J connectivity index is 2.46. The Kier molecular flexibility index (Phi) is 2.30. The molecular formula is C8H6N4O2S. The largest absolute Gasteiger partial charge is 0.382 e. The van der Waals surface area contributed by atoms with Crippen LogP contribution in [0.5, 0.6) is 0 Å². The maximum absolute atomic E-state index is 10.5. The summed E-state index contributed by atoms with van der Waals surface area (Å²) in [5, 5.41) is 12.2. The van der Waals surface area contributed by atoms with Crippen LogP contribution in [0.3, 0.4) is 0 Å². The van der Waals surface area contributed by atoms with Crippen LogP contribution in [0.1, 0.15) is 0 Å². The minimum Gasteiger partial charge on any atom is -0.382 e. The van der Waals surface area contributed by atoms with Crippen LogP contribution in [0, 0.1) is 10.1 Å². The highest BCUT2D eigenvalue weighted by Gasteiger charge is 2.13. The van der Waals surface area contributed by atoms with Crippen molar-refractivity contribution in [3.63, 3.8) is 0 Å². The van der Waals surface area contributed by atoms with E-state index in [0.29, 0.717) is 11.3 Å². The van der Waals surface area contributed by atoms with Gasteiger partial charge in [0.2, 0.25) is 0 Å². The third-order valence-corrected chi connectivity index (χ3v) is 2.65. The molecule has 0 amide bonds. The average molecular weight is 222 g/mol. The fourth-order valence-corrected chi connectivity index (χ4v) is 1.82. The molecule has 2 aromatic heterocycles. The van der Waals surface area contributed by atoms with Crippen LogP contribution in [-0.4, -0.2) is 14.9 Å². The molecule has 0 aliphatic rings. The minimum atomic E-state index is -0.444. The highest BCUT2D eigenvalue weighted by atomic mass is 32.1. The third kappa shape index (κ3) is 1.77. The fraction of sp³-hybridized carbons (Fsp3) is 0. The van der Waals surface area contributed by atoms with Gasteiger partial charge in [-0.3, -0.25) is 15.1 Å². The Labute approximate surface area is 88.6 Å². The first-order chi connectivity index (χ1) is 7.18. The molecule has 0 atom stereocenters. The van der Waals surface area contributed by atoms with Gasteiger partial charge in [-0.15, -0.1) is 0 Å². The predicted octanol–water partition coefficient (Wildman–Crippen LogP) is 1.70.